The normalized spacial score (nSPS) is 19.0. The molecule has 1 heterocycles. The van der Waals surface area contributed by atoms with Crippen LogP contribution in [0.2, 0.25) is 0 Å². The molecule has 1 aliphatic rings. The number of halogens is 2. The molecule has 9 nitrogen and oxygen atoms in total. The third kappa shape index (κ3) is 11.8. The van der Waals surface area contributed by atoms with E-state index in [1.54, 1.807) is 49.7 Å². The summed E-state index contributed by atoms with van der Waals surface area (Å²) in [5.41, 5.74) is -0.0253. The van der Waals surface area contributed by atoms with Crippen LogP contribution < -0.4 is 5.32 Å². The Balaban J connectivity index is 2.21. The molecule has 2 amide bonds. The van der Waals surface area contributed by atoms with Gasteiger partial charge in [0.05, 0.1) is 42.6 Å². The number of amides is 2. The van der Waals surface area contributed by atoms with E-state index < -0.39 is 41.7 Å². The molecule has 12 heteroatoms. The van der Waals surface area contributed by atoms with E-state index in [9.17, 15) is 28.0 Å². The molecule has 1 aliphatic heterocycles. The van der Waals surface area contributed by atoms with E-state index in [0.717, 1.165) is 6.42 Å². The number of benzene rings is 1. The molecule has 1 aromatic carbocycles. The zero-order valence-electron chi connectivity index (χ0n) is 32.7. The molecule has 51 heavy (non-hydrogen) atoms. The number of nitrogens with zero attached hydrogens (tertiary/aromatic N) is 2. The molecule has 0 aromatic heterocycles. The van der Waals surface area contributed by atoms with Crippen LogP contribution in [0.5, 0.6) is 0 Å². The van der Waals surface area contributed by atoms with Crippen LogP contribution in [0.15, 0.2) is 18.2 Å². The molecular formula is C39H63F2N3O6S. The van der Waals surface area contributed by atoms with Crippen molar-refractivity contribution in [2.45, 2.75) is 117 Å². The minimum absolute atomic E-state index is 0.00322. The maximum absolute atomic E-state index is 14.1. The predicted molar refractivity (Wildman–Crippen MR) is 199 cm³/mol. The zero-order chi connectivity index (χ0) is 38.6. The van der Waals surface area contributed by atoms with Crippen LogP contribution in [-0.2, 0) is 35.1 Å². The number of likely N-dealkylation sites (N-methyl/N-ethyl adjacent to an activating group) is 2. The molecular weight excluding hydrogens is 677 g/mol. The van der Waals surface area contributed by atoms with Crippen LogP contribution in [0.3, 0.4) is 0 Å². The van der Waals surface area contributed by atoms with Gasteiger partial charge in [-0.2, -0.15) is 0 Å². The van der Waals surface area contributed by atoms with Gasteiger partial charge in [-0.15, -0.1) is 11.8 Å². The first kappa shape index (κ1) is 44.7. The summed E-state index contributed by atoms with van der Waals surface area (Å²) < 4.78 is 40.0. The minimum Gasteiger partial charge on any atom is -0.379 e. The first-order valence-corrected chi connectivity index (χ1v) is 19.6. The largest absolute Gasteiger partial charge is 0.379 e. The zero-order valence-corrected chi connectivity index (χ0v) is 33.5. The monoisotopic (exact) mass is 739 g/mol. The molecule has 1 saturated heterocycles. The number of methoxy groups -OCH3 is 2. The minimum atomic E-state index is -0.623. The molecule has 290 valence electrons. The van der Waals surface area contributed by atoms with Crippen molar-refractivity contribution in [3.8, 4) is 0 Å². The smallest absolute Gasteiger partial charge is 0.226 e. The second-order valence-corrected chi connectivity index (χ2v) is 15.8. The standard InChI is InChI=1S/C39H63F2N3O6S/c1-12-25(6)37(43(9)39(48)28(23(2)3)19-33(46)36(42-8)24(4)5)34(49-10)20-35(47)44-22-51-21-31(44)38(50-11)26(7)32(45)18-13-15-27-29(40)16-14-17-30(27)41/h14,16-17,23-26,28,31,34,36-38,42H,12-13,15,18-22H2,1-11H3/t25-,26-,28-,31?,34+,36-,37-,38+/m0/s1. The Morgan fingerprint density at radius 2 is 1.61 bits per heavy atom. The Bertz CT molecular complexity index is 1280. The Kier molecular flexibility index (Phi) is 18.7. The average Bonchev–Trinajstić information content (AvgIpc) is 3.57. The summed E-state index contributed by atoms with van der Waals surface area (Å²) >= 11 is 1.58. The van der Waals surface area contributed by atoms with Crippen molar-refractivity contribution in [2.75, 3.05) is 39.9 Å². The Morgan fingerprint density at radius 3 is 2.12 bits per heavy atom. The second-order valence-electron chi connectivity index (χ2n) is 14.8. The van der Waals surface area contributed by atoms with Gasteiger partial charge in [0.1, 0.15) is 17.4 Å². The Labute approximate surface area is 309 Å². The summed E-state index contributed by atoms with van der Waals surface area (Å²) in [5, 5.41) is 3.10. The number of carbonyl (C=O) groups is 4. The lowest BCUT2D eigenvalue weighted by Crippen LogP contribution is -2.54. The van der Waals surface area contributed by atoms with E-state index in [-0.39, 0.29) is 90.9 Å². The maximum Gasteiger partial charge on any atom is 0.226 e. The molecule has 0 radical (unpaired) electrons. The fraction of sp³-hybridized carbons (Fsp3) is 0.744. The van der Waals surface area contributed by atoms with Gasteiger partial charge < -0.3 is 24.6 Å². The lowest BCUT2D eigenvalue weighted by atomic mass is 9.84. The molecule has 1 N–H and O–H groups in total. The summed E-state index contributed by atoms with van der Waals surface area (Å²) in [5.74, 6) is -1.70. The number of nitrogens with one attached hydrogen (secondary N) is 1. The molecule has 1 fully saturated rings. The van der Waals surface area contributed by atoms with Crippen LogP contribution in [0, 0.1) is 41.2 Å². The average molecular weight is 740 g/mol. The van der Waals surface area contributed by atoms with Crippen molar-refractivity contribution in [2.24, 2.45) is 29.6 Å². The van der Waals surface area contributed by atoms with Gasteiger partial charge in [-0.25, -0.2) is 8.78 Å². The summed E-state index contributed by atoms with van der Waals surface area (Å²) in [7, 11) is 6.59. The Hall–Kier alpha value is -2.41. The van der Waals surface area contributed by atoms with Crippen molar-refractivity contribution in [3.63, 3.8) is 0 Å². The molecule has 0 aliphatic carbocycles. The highest BCUT2D eigenvalue weighted by molar-refractivity contribution is 7.99. The SMILES string of the molecule is CC[C@H](C)[C@@H]([C@@H](CC(=O)N1CSCC1[C@H](OC)[C@@H](C)C(=O)CCCc1c(F)cccc1F)OC)N(C)C(=O)[C@@H](CC(=O)[C@@H](NC)C(C)C)C(C)C. The summed E-state index contributed by atoms with van der Waals surface area (Å²) in [6.45, 7) is 13.7. The highest BCUT2D eigenvalue weighted by Gasteiger charge is 2.43. The third-order valence-corrected chi connectivity index (χ3v) is 11.8. The first-order chi connectivity index (χ1) is 24.0. The van der Waals surface area contributed by atoms with Crippen molar-refractivity contribution >= 4 is 35.1 Å². The van der Waals surface area contributed by atoms with Crippen molar-refractivity contribution in [1.82, 2.24) is 15.1 Å². The number of ketones is 2. The summed E-state index contributed by atoms with van der Waals surface area (Å²) in [6, 6.07) is 2.59. The van der Waals surface area contributed by atoms with Gasteiger partial charge in [0.2, 0.25) is 11.8 Å². The molecule has 0 saturated carbocycles. The summed E-state index contributed by atoms with van der Waals surface area (Å²) in [6.07, 6.45) is 0.218. The third-order valence-electron chi connectivity index (χ3n) is 10.8. The van der Waals surface area contributed by atoms with E-state index in [1.165, 1.54) is 25.3 Å². The predicted octanol–water partition coefficient (Wildman–Crippen LogP) is 6.16. The van der Waals surface area contributed by atoms with E-state index in [4.69, 9.17) is 9.47 Å². The van der Waals surface area contributed by atoms with Crippen molar-refractivity contribution in [1.29, 1.82) is 0 Å². The maximum atomic E-state index is 14.1. The fourth-order valence-corrected chi connectivity index (χ4v) is 8.65. The van der Waals surface area contributed by atoms with Gasteiger partial charge in [0, 0.05) is 57.3 Å². The summed E-state index contributed by atoms with van der Waals surface area (Å²) in [4.78, 5) is 58.2. The van der Waals surface area contributed by atoms with Crippen LogP contribution >= 0.6 is 11.8 Å². The molecule has 8 atom stereocenters. The number of thioether (sulfide) groups is 1. The number of ether oxygens (including phenoxy) is 2. The highest BCUT2D eigenvalue weighted by Crippen LogP contribution is 2.32. The van der Waals surface area contributed by atoms with E-state index in [1.807, 2.05) is 41.5 Å². The second kappa shape index (κ2) is 21.3. The molecule has 1 aromatic rings. The van der Waals surface area contributed by atoms with Gasteiger partial charge in [-0.3, -0.25) is 19.2 Å². The van der Waals surface area contributed by atoms with Gasteiger partial charge >= 0.3 is 0 Å². The number of rotatable bonds is 22. The van der Waals surface area contributed by atoms with Crippen molar-refractivity contribution < 1.29 is 37.4 Å². The van der Waals surface area contributed by atoms with Gasteiger partial charge in [0.25, 0.3) is 0 Å². The number of hydrogen-bond acceptors (Lipinski definition) is 8. The van der Waals surface area contributed by atoms with Gasteiger partial charge in [-0.1, -0.05) is 61.0 Å². The van der Waals surface area contributed by atoms with Gasteiger partial charge in [0.15, 0.2) is 5.78 Å². The van der Waals surface area contributed by atoms with E-state index in [0.29, 0.717) is 11.6 Å². The first-order valence-electron chi connectivity index (χ1n) is 18.4. The molecule has 2 rings (SSSR count). The Morgan fingerprint density at radius 1 is 0.980 bits per heavy atom. The van der Waals surface area contributed by atoms with Crippen LogP contribution in [0.4, 0.5) is 8.78 Å². The van der Waals surface area contributed by atoms with E-state index in [2.05, 4.69) is 5.32 Å². The van der Waals surface area contributed by atoms with Crippen LogP contribution in [-0.4, -0.2) is 103 Å². The number of Topliss-reactive ketones (excluding diaryl/α,β-unsaturated/α-hetero) is 2. The van der Waals surface area contributed by atoms with E-state index >= 15 is 0 Å². The quantitative estimate of drug-likeness (QED) is 0.151. The molecule has 0 spiro atoms. The molecule has 1 unspecified atom stereocenters. The van der Waals surface area contributed by atoms with Crippen LogP contribution in [0.1, 0.15) is 86.1 Å². The van der Waals surface area contributed by atoms with Gasteiger partial charge in [-0.05, 0) is 49.8 Å². The number of carbonyl (C=O) groups excluding carboxylic acids is 4. The molecule has 0 bridgehead atoms. The van der Waals surface area contributed by atoms with Crippen LogP contribution in [0.25, 0.3) is 0 Å². The lowest BCUT2D eigenvalue weighted by molar-refractivity contribution is -0.148. The highest BCUT2D eigenvalue weighted by atomic mass is 32.2. The van der Waals surface area contributed by atoms with Crippen molar-refractivity contribution in [3.05, 3.63) is 35.4 Å². The number of hydrogen-bond donors (Lipinski definition) is 1. The topological polar surface area (TPSA) is 105 Å². The fourth-order valence-electron chi connectivity index (χ4n) is 7.40. The lowest BCUT2D eigenvalue weighted by Gasteiger charge is -2.40.